The minimum Gasteiger partial charge on any atom is -0.341 e. The van der Waals surface area contributed by atoms with E-state index in [0.717, 1.165) is 5.56 Å². The maximum atomic E-state index is 11.4. The fraction of sp³-hybridized carbons (Fsp3) is 0.0714. The first-order chi connectivity index (χ1) is 9.78. The number of urea groups is 1. The van der Waals surface area contributed by atoms with Gasteiger partial charge in [-0.1, -0.05) is 30.3 Å². The number of fused-ring (bicyclic) bond motifs is 1. The lowest BCUT2D eigenvalue weighted by molar-refractivity contribution is 0.254. The van der Waals surface area contributed by atoms with E-state index in [-0.39, 0.29) is 6.03 Å². The summed E-state index contributed by atoms with van der Waals surface area (Å²) in [5.41, 5.74) is 2.15. The first-order valence-electron chi connectivity index (χ1n) is 6.17. The fourth-order valence-corrected chi connectivity index (χ4v) is 1.90. The number of amides is 2. The number of benzene rings is 1. The van der Waals surface area contributed by atoms with E-state index in [4.69, 9.17) is 0 Å². The molecule has 3 aromatic rings. The predicted octanol–water partition coefficient (Wildman–Crippen LogP) is 2.15. The number of hydrogen-bond donors (Lipinski definition) is 2. The molecule has 0 bridgehead atoms. The summed E-state index contributed by atoms with van der Waals surface area (Å²) in [5, 5.41) is 9.65. The van der Waals surface area contributed by atoms with Crippen LogP contribution in [0.5, 0.6) is 0 Å². The Kier molecular flexibility index (Phi) is 3.04. The molecular weight excluding hydrogens is 254 g/mol. The molecular formula is C14H13N5O. The zero-order valence-electron chi connectivity index (χ0n) is 10.9. The molecule has 2 N–H and O–H groups in total. The van der Waals surface area contributed by atoms with Crippen LogP contribution in [-0.2, 0) is 0 Å². The van der Waals surface area contributed by atoms with Crippen LogP contribution in [0.25, 0.3) is 17.0 Å². The Hall–Kier alpha value is -2.89. The molecule has 0 saturated heterocycles. The van der Waals surface area contributed by atoms with Gasteiger partial charge in [0.05, 0.1) is 5.69 Å². The number of anilines is 1. The number of pyridine rings is 1. The standard InChI is InChI=1S/C14H13N5O/c1-15-14(20)16-11-8-5-9-19-13(11)17-12(18-19)10-6-3-2-4-7-10/h2-9H,1H3,(H2,15,16,20). The van der Waals surface area contributed by atoms with Crippen LogP contribution in [0.4, 0.5) is 10.5 Å². The summed E-state index contributed by atoms with van der Waals surface area (Å²) in [5.74, 6) is 0.622. The van der Waals surface area contributed by atoms with Crippen molar-refractivity contribution in [2.24, 2.45) is 0 Å². The summed E-state index contributed by atoms with van der Waals surface area (Å²) >= 11 is 0. The lowest BCUT2D eigenvalue weighted by Crippen LogP contribution is -2.24. The van der Waals surface area contributed by atoms with Crippen molar-refractivity contribution in [3.05, 3.63) is 48.7 Å². The summed E-state index contributed by atoms with van der Waals surface area (Å²) in [7, 11) is 1.56. The number of carbonyl (C=O) groups excluding carboxylic acids is 1. The van der Waals surface area contributed by atoms with Crippen LogP contribution in [-0.4, -0.2) is 27.7 Å². The quantitative estimate of drug-likeness (QED) is 0.747. The van der Waals surface area contributed by atoms with Gasteiger partial charge in [0, 0.05) is 18.8 Å². The summed E-state index contributed by atoms with van der Waals surface area (Å²) in [6.07, 6.45) is 1.80. The highest BCUT2D eigenvalue weighted by Crippen LogP contribution is 2.20. The molecule has 1 aromatic carbocycles. The smallest absolute Gasteiger partial charge is 0.319 e. The molecule has 0 aliphatic rings. The summed E-state index contributed by atoms with van der Waals surface area (Å²) in [6, 6.07) is 13.0. The second-order valence-electron chi connectivity index (χ2n) is 4.20. The molecule has 0 spiro atoms. The highest BCUT2D eigenvalue weighted by Gasteiger charge is 2.10. The summed E-state index contributed by atoms with van der Waals surface area (Å²) in [4.78, 5) is 15.9. The monoisotopic (exact) mass is 267 g/mol. The van der Waals surface area contributed by atoms with Gasteiger partial charge in [0.25, 0.3) is 0 Å². The number of hydrogen-bond acceptors (Lipinski definition) is 3. The van der Waals surface area contributed by atoms with Crippen molar-refractivity contribution in [1.82, 2.24) is 19.9 Å². The van der Waals surface area contributed by atoms with Crippen LogP contribution in [0.2, 0.25) is 0 Å². The van der Waals surface area contributed by atoms with E-state index in [9.17, 15) is 4.79 Å². The average molecular weight is 267 g/mol. The molecule has 0 aliphatic carbocycles. The Morgan fingerprint density at radius 2 is 1.95 bits per heavy atom. The fourth-order valence-electron chi connectivity index (χ4n) is 1.90. The van der Waals surface area contributed by atoms with Crippen LogP contribution >= 0.6 is 0 Å². The van der Waals surface area contributed by atoms with Gasteiger partial charge in [0.2, 0.25) is 0 Å². The van der Waals surface area contributed by atoms with Crippen molar-refractivity contribution in [2.45, 2.75) is 0 Å². The van der Waals surface area contributed by atoms with Crippen LogP contribution in [0.1, 0.15) is 0 Å². The SMILES string of the molecule is CNC(=O)Nc1cccn2nc(-c3ccccc3)nc12. The van der Waals surface area contributed by atoms with Gasteiger partial charge in [-0.05, 0) is 12.1 Å². The van der Waals surface area contributed by atoms with Crippen molar-refractivity contribution >= 4 is 17.4 Å². The topological polar surface area (TPSA) is 71.3 Å². The number of nitrogens with one attached hydrogen (secondary N) is 2. The number of rotatable bonds is 2. The number of aromatic nitrogens is 3. The molecule has 0 radical (unpaired) electrons. The van der Waals surface area contributed by atoms with E-state index >= 15 is 0 Å². The minimum atomic E-state index is -0.289. The Bertz CT molecular complexity index is 751. The second kappa shape index (κ2) is 5.00. The molecule has 0 aliphatic heterocycles. The van der Waals surface area contributed by atoms with Gasteiger partial charge in [-0.15, -0.1) is 5.10 Å². The molecule has 6 nitrogen and oxygen atoms in total. The molecule has 2 aromatic heterocycles. The minimum absolute atomic E-state index is 0.289. The molecule has 6 heteroatoms. The lowest BCUT2D eigenvalue weighted by atomic mass is 10.2. The van der Waals surface area contributed by atoms with Gasteiger partial charge in [-0.3, -0.25) is 0 Å². The second-order valence-corrected chi connectivity index (χ2v) is 4.20. The molecule has 2 heterocycles. The molecule has 0 atom stereocenters. The van der Waals surface area contributed by atoms with E-state index in [0.29, 0.717) is 17.2 Å². The van der Waals surface area contributed by atoms with Crippen molar-refractivity contribution < 1.29 is 4.79 Å². The molecule has 100 valence electrons. The lowest BCUT2D eigenvalue weighted by Gasteiger charge is -2.04. The third kappa shape index (κ3) is 2.18. The van der Waals surface area contributed by atoms with Crippen LogP contribution in [0.15, 0.2) is 48.7 Å². The van der Waals surface area contributed by atoms with E-state index in [2.05, 4.69) is 20.7 Å². The maximum Gasteiger partial charge on any atom is 0.319 e. The predicted molar refractivity (Wildman–Crippen MR) is 76.5 cm³/mol. The van der Waals surface area contributed by atoms with Crippen LogP contribution in [0.3, 0.4) is 0 Å². The van der Waals surface area contributed by atoms with E-state index in [1.165, 1.54) is 0 Å². The van der Waals surface area contributed by atoms with Crippen molar-refractivity contribution in [3.63, 3.8) is 0 Å². The molecule has 0 saturated carbocycles. The van der Waals surface area contributed by atoms with Gasteiger partial charge in [-0.25, -0.2) is 14.3 Å². The van der Waals surface area contributed by atoms with Gasteiger partial charge in [0.1, 0.15) is 0 Å². The number of carbonyl (C=O) groups is 1. The van der Waals surface area contributed by atoms with Crippen molar-refractivity contribution in [3.8, 4) is 11.4 Å². The molecule has 3 rings (SSSR count). The molecule has 0 fully saturated rings. The Morgan fingerprint density at radius 1 is 1.15 bits per heavy atom. The summed E-state index contributed by atoms with van der Waals surface area (Å²) < 4.78 is 1.65. The van der Waals surface area contributed by atoms with Crippen molar-refractivity contribution in [1.29, 1.82) is 0 Å². The highest BCUT2D eigenvalue weighted by molar-refractivity contribution is 5.93. The Balaban J connectivity index is 2.07. The highest BCUT2D eigenvalue weighted by atomic mass is 16.2. The third-order valence-electron chi connectivity index (χ3n) is 2.87. The molecule has 0 unspecified atom stereocenters. The first kappa shape index (κ1) is 12.2. The third-order valence-corrected chi connectivity index (χ3v) is 2.87. The van der Waals surface area contributed by atoms with E-state index < -0.39 is 0 Å². The first-order valence-corrected chi connectivity index (χ1v) is 6.17. The normalized spacial score (nSPS) is 10.4. The van der Waals surface area contributed by atoms with E-state index in [1.807, 2.05) is 36.4 Å². The average Bonchev–Trinajstić information content (AvgIpc) is 2.93. The van der Waals surface area contributed by atoms with Gasteiger partial charge in [-0.2, -0.15) is 0 Å². The summed E-state index contributed by atoms with van der Waals surface area (Å²) in [6.45, 7) is 0. The molecule has 20 heavy (non-hydrogen) atoms. The van der Waals surface area contributed by atoms with Gasteiger partial charge < -0.3 is 10.6 Å². The Morgan fingerprint density at radius 3 is 2.70 bits per heavy atom. The maximum absolute atomic E-state index is 11.4. The zero-order chi connectivity index (χ0) is 13.9. The Labute approximate surface area is 115 Å². The largest absolute Gasteiger partial charge is 0.341 e. The molecule has 2 amide bonds. The number of nitrogens with zero attached hydrogens (tertiary/aromatic N) is 3. The van der Waals surface area contributed by atoms with Gasteiger partial charge >= 0.3 is 6.03 Å². The van der Waals surface area contributed by atoms with E-state index in [1.54, 1.807) is 23.8 Å². The zero-order valence-corrected chi connectivity index (χ0v) is 10.9. The van der Waals surface area contributed by atoms with Gasteiger partial charge in [0.15, 0.2) is 11.5 Å². The van der Waals surface area contributed by atoms with Crippen molar-refractivity contribution in [2.75, 3.05) is 12.4 Å². The van der Waals surface area contributed by atoms with Crippen LogP contribution in [0, 0.1) is 0 Å². The van der Waals surface area contributed by atoms with Crippen LogP contribution < -0.4 is 10.6 Å².